The lowest BCUT2D eigenvalue weighted by atomic mass is 10.0. The van der Waals surface area contributed by atoms with Crippen molar-refractivity contribution >= 4 is 34.1 Å². The van der Waals surface area contributed by atoms with E-state index in [1.54, 1.807) is 28.9 Å². The van der Waals surface area contributed by atoms with Gasteiger partial charge in [-0.3, -0.25) is 4.79 Å². The van der Waals surface area contributed by atoms with Crippen molar-refractivity contribution in [1.82, 2.24) is 20.1 Å². The Kier molecular flexibility index (Phi) is 7.55. The molecule has 0 saturated heterocycles. The predicted octanol–water partition coefficient (Wildman–Crippen LogP) is 6.01. The van der Waals surface area contributed by atoms with E-state index in [-0.39, 0.29) is 17.0 Å². The molecule has 3 N–H and O–H groups in total. The standard InChI is InChI=1S/C30H27ClN6O/c1-20-6-8-21(9-7-20)29(38)28-26(18-32)30(37(36-28)24-12-10-23(31)11-13-24)35-16-3-15-33-19-22-4-2-5-27-25(22)14-17-34-27/h2,4-14,17,33-35H,3,15-16,19H2,1H3. The lowest BCUT2D eigenvalue weighted by molar-refractivity contribution is 0.103. The van der Waals surface area contributed by atoms with E-state index < -0.39 is 0 Å². The summed E-state index contributed by atoms with van der Waals surface area (Å²) in [6.45, 7) is 4.09. The molecule has 38 heavy (non-hydrogen) atoms. The summed E-state index contributed by atoms with van der Waals surface area (Å²) >= 11 is 6.09. The number of carbonyl (C=O) groups excluding carboxylic acids is 1. The second-order valence-electron chi connectivity index (χ2n) is 9.08. The molecule has 3 aromatic carbocycles. The number of nitriles is 1. The second-order valence-corrected chi connectivity index (χ2v) is 9.52. The van der Waals surface area contributed by atoms with E-state index in [4.69, 9.17) is 11.6 Å². The van der Waals surface area contributed by atoms with E-state index in [2.05, 4.69) is 45.0 Å². The summed E-state index contributed by atoms with van der Waals surface area (Å²) < 4.78 is 1.61. The van der Waals surface area contributed by atoms with E-state index in [0.717, 1.165) is 30.6 Å². The molecule has 0 radical (unpaired) electrons. The summed E-state index contributed by atoms with van der Waals surface area (Å²) in [5.41, 5.74) is 4.94. The Balaban J connectivity index is 1.32. The van der Waals surface area contributed by atoms with Gasteiger partial charge in [0.2, 0.25) is 5.78 Å². The van der Waals surface area contributed by atoms with Gasteiger partial charge in [-0.2, -0.15) is 10.4 Å². The zero-order valence-corrected chi connectivity index (χ0v) is 21.7. The first-order valence-electron chi connectivity index (χ1n) is 12.4. The van der Waals surface area contributed by atoms with Crippen molar-refractivity contribution in [1.29, 1.82) is 5.26 Å². The van der Waals surface area contributed by atoms with Gasteiger partial charge < -0.3 is 15.6 Å². The molecule has 0 fully saturated rings. The molecule has 190 valence electrons. The Morgan fingerprint density at radius 1 is 1.05 bits per heavy atom. The Labute approximate surface area is 226 Å². The van der Waals surface area contributed by atoms with E-state index >= 15 is 0 Å². The minimum absolute atomic E-state index is 0.117. The maximum Gasteiger partial charge on any atom is 0.214 e. The van der Waals surface area contributed by atoms with E-state index in [1.165, 1.54) is 10.9 Å². The van der Waals surface area contributed by atoms with Crippen molar-refractivity contribution in [3.8, 4) is 11.8 Å². The second kappa shape index (κ2) is 11.3. The number of aromatic nitrogens is 3. The molecular weight excluding hydrogens is 496 g/mol. The van der Waals surface area contributed by atoms with Gasteiger partial charge in [0.25, 0.3) is 0 Å². The number of aromatic amines is 1. The summed E-state index contributed by atoms with van der Waals surface area (Å²) in [6.07, 6.45) is 2.76. The number of nitrogens with one attached hydrogen (secondary N) is 3. The Morgan fingerprint density at radius 2 is 1.84 bits per heavy atom. The number of H-pyrrole nitrogens is 1. The highest BCUT2D eigenvalue weighted by Gasteiger charge is 2.25. The molecule has 2 aromatic heterocycles. The number of benzene rings is 3. The largest absolute Gasteiger partial charge is 0.369 e. The number of hydrogen-bond donors (Lipinski definition) is 3. The molecule has 5 rings (SSSR count). The third kappa shape index (κ3) is 5.32. The van der Waals surface area contributed by atoms with E-state index in [1.807, 2.05) is 43.5 Å². The smallest absolute Gasteiger partial charge is 0.214 e. The molecule has 0 bridgehead atoms. The number of ketones is 1. The molecular formula is C30H27ClN6O. The molecule has 8 heteroatoms. The van der Waals surface area contributed by atoms with Crippen LogP contribution in [0.5, 0.6) is 0 Å². The van der Waals surface area contributed by atoms with Crippen molar-refractivity contribution in [2.45, 2.75) is 19.9 Å². The van der Waals surface area contributed by atoms with Crippen LogP contribution in [0.1, 0.15) is 39.2 Å². The van der Waals surface area contributed by atoms with Gasteiger partial charge in [0, 0.05) is 40.8 Å². The van der Waals surface area contributed by atoms with Crippen LogP contribution in [-0.2, 0) is 6.54 Å². The van der Waals surface area contributed by atoms with Crippen LogP contribution >= 0.6 is 11.6 Å². The topological polar surface area (TPSA) is 98.5 Å². The minimum atomic E-state index is -0.294. The van der Waals surface area contributed by atoms with Crippen molar-refractivity contribution in [2.24, 2.45) is 0 Å². The molecule has 0 aliphatic carbocycles. The molecule has 0 spiro atoms. The van der Waals surface area contributed by atoms with E-state index in [9.17, 15) is 10.1 Å². The van der Waals surface area contributed by atoms with Crippen LogP contribution in [0.2, 0.25) is 5.02 Å². The van der Waals surface area contributed by atoms with Crippen molar-refractivity contribution in [3.63, 3.8) is 0 Å². The Bertz CT molecular complexity index is 1610. The molecule has 0 unspecified atom stereocenters. The predicted molar refractivity (Wildman–Crippen MR) is 151 cm³/mol. The monoisotopic (exact) mass is 522 g/mol. The van der Waals surface area contributed by atoms with Crippen molar-refractivity contribution in [3.05, 3.63) is 112 Å². The number of anilines is 1. The highest BCUT2D eigenvalue weighted by molar-refractivity contribution is 6.30. The first-order valence-corrected chi connectivity index (χ1v) is 12.8. The van der Waals surface area contributed by atoms with Gasteiger partial charge in [0.05, 0.1) is 5.69 Å². The first-order chi connectivity index (χ1) is 18.5. The quantitative estimate of drug-likeness (QED) is 0.154. The van der Waals surface area contributed by atoms with Gasteiger partial charge in [-0.25, -0.2) is 4.68 Å². The van der Waals surface area contributed by atoms with Gasteiger partial charge in [0.1, 0.15) is 17.5 Å². The van der Waals surface area contributed by atoms with Gasteiger partial charge in [-0.1, -0.05) is 53.6 Å². The molecule has 0 aliphatic heterocycles. The summed E-state index contributed by atoms with van der Waals surface area (Å²) in [6, 6.07) is 24.9. The number of aryl methyl sites for hydroxylation is 1. The molecule has 0 saturated carbocycles. The zero-order chi connectivity index (χ0) is 26.5. The van der Waals surface area contributed by atoms with Gasteiger partial charge >= 0.3 is 0 Å². The molecule has 7 nitrogen and oxygen atoms in total. The van der Waals surface area contributed by atoms with E-state index in [0.29, 0.717) is 28.6 Å². The first kappa shape index (κ1) is 25.3. The van der Waals surface area contributed by atoms with Gasteiger partial charge in [0.15, 0.2) is 5.69 Å². The average Bonchev–Trinajstić information content (AvgIpc) is 3.56. The fourth-order valence-electron chi connectivity index (χ4n) is 4.40. The zero-order valence-electron chi connectivity index (χ0n) is 21.0. The molecule has 0 aliphatic rings. The fraction of sp³-hybridized carbons (Fsp3) is 0.167. The van der Waals surface area contributed by atoms with Crippen molar-refractivity contribution < 1.29 is 4.79 Å². The minimum Gasteiger partial charge on any atom is -0.369 e. The summed E-state index contributed by atoms with van der Waals surface area (Å²) in [5.74, 6) is 0.195. The number of hydrogen-bond acceptors (Lipinski definition) is 5. The normalized spacial score (nSPS) is 11.0. The average molecular weight is 523 g/mol. The third-order valence-corrected chi connectivity index (χ3v) is 6.67. The van der Waals surface area contributed by atoms with Crippen LogP contribution in [0.3, 0.4) is 0 Å². The van der Waals surface area contributed by atoms with Crippen LogP contribution in [0.4, 0.5) is 5.82 Å². The fourth-order valence-corrected chi connectivity index (χ4v) is 4.53. The number of fused-ring (bicyclic) bond motifs is 1. The van der Waals surface area contributed by atoms with Crippen molar-refractivity contribution in [2.75, 3.05) is 18.4 Å². The van der Waals surface area contributed by atoms with Crippen LogP contribution in [0.25, 0.3) is 16.6 Å². The van der Waals surface area contributed by atoms with Crippen LogP contribution in [0, 0.1) is 18.3 Å². The highest BCUT2D eigenvalue weighted by atomic mass is 35.5. The van der Waals surface area contributed by atoms with Crippen LogP contribution in [-0.4, -0.2) is 33.6 Å². The maximum atomic E-state index is 13.3. The molecule has 0 amide bonds. The molecule has 2 heterocycles. The van der Waals surface area contributed by atoms with Gasteiger partial charge in [-0.15, -0.1) is 0 Å². The summed E-state index contributed by atoms with van der Waals surface area (Å²) in [4.78, 5) is 16.6. The summed E-state index contributed by atoms with van der Waals surface area (Å²) in [7, 11) is 0. The number of halogens is 1. The third-order valence-electron chi connectivity index (χ3n) is 6.42. The summed E-state index contributed by atoms with van der Waals surface area (Å²) in [5, 5.41) is 23.3. The van der Waals surface area contributed by atoms with Crippen LogP contribution in [0.15, 0.2) is 79.0 Å². The number of nitrogens with zero attached hydrogens (tertiary/aromatic N) is 3. The Morgan fingerprint density at radius 3 is 2.61 bits per heavy atom. The SMILES string of the molecule is Cc1ccc(C(=O)c2nn(-c3ccc(Cl)cc3)c(NCCCNCc3cccc4[nH]ccc34)c2C#N)cc1. The van der Waals surface area contributed by atoms with Crippen LogP contribution < -0.4 is 10.6 Å². The molecule has 5 aromatic rings. The highest BCUT2D eigenvalue weighted by Crippen LogP contribution is 2.26. The lowest BCUT2D eigenvalue weighted by Gasteiger charge is -2.11. The molecule has 0 atom stereocenters. The Hall–Kier alpha value is -4.38. The maximum absolute atomic E-state index is 13.3. The van der Waals surface area contributed by atoms with Gasteiger partial charge in [-0.05, 0) is 61.9 Å². The number of rotatable bonds is 10. The number of carbonyl (C=O) groups is 1. The lowest BCUT2D eigenvalue weighted by Crippen LogP contribution is -2.18.